The molecule has 33 heavy (non-hydrogen) atoms. The molecule has 1 aliphatic heterocycles. The summed E-state index contributed by atoms with van der Waals surface area (Å²) < 4.78 is 29.1. The van der Waals surface area contributed by atoms with Crippen molar-refractivity contribution in [2.75, 3.05) is 18.4 Å². The first-order valence-corrected chi connectivity index (χ1v) is 12.1. The van der Waals surface area contributed by atoms with Crippen LogP contribution in [0, 0.1) is 6.92 Å². The number of rotatable bonds is 5. The van der Waals surface area contributed by atoms with E-state index < -0.39 is 16.1 Å². The molecule has 3 aromatic rings. The molecule has 1 aliphatic rings. The van der Waals surface area contributed by atoms with Gasteiger partial charge in [-0.15, -0.1) is 0 Å². The van der Waals surface area contributed by atoms with Crippen LogP contribution in [-0.2, 0) is 10.0 Å². The van der Waals surface area contributed by atoms with Gasteiger partial charge in [0.2, 0.25) is 10.0 Å². The molecule has 1 fully saturated rings. The molecule has 0 bridgehead atoms. The molecule has 4 rings (SSSR count). The Morgan fingerprint density at radius 3 is 2.24 bits per heavy atom. The molecule has 3 N–H and O–H groups in total. The van der Waals surface area contributed by atoms with Gasteiger partial charge in [-0.3, -0.25) is 4.79 Å². The molecule has 2 amide bonds. The number of carboxylic acid groups (broad SMARTS) is 1. The highest BCUT2D eigenvalue weighted by molar-refractivity contribution is 7.89. The summed E-state index contributed by atoms with van der Waals surface area (Å²) in [6.45, 7) is 2.46. The Bertz CT molecular complexity index is 1310. The van der Waals surface area contributed by atoms with Crippen LogP contribution in [0.25, 0.3) is 10.8 Å². The van der Waals surface area contributed by atoms with Gasteiger partial charge in [-0.05, 0) is 48.9 Å². The SMILES string of the molecule is Cc1ccccc1NC(=O)c1ccc(S(=O)(=O)NC2CCN(C(=O)O)CC2)c2ccccc12. The van der Waals surface area contributed by atoms with Crippen LogP contribution in [0.5, 0.6) is 0 Å². The molecular formula is C24H25N3O5S. The van der Waals surface area contributed by atoms with Crippen molar-refractivity contribution in [1.29, 1.82) is 0 Å². The Kier molecular flexibility index (Phi) is 6.35. The van der Waals surface area contributed by atoms with Gasteiger partial charge < -0.3 is 15.3 Å². The Labute approximate surface area is 192 Å². The van der Waals surface area contributed by atoms with Crippen LogP contribution in [-0.4, -0.2) is 49.6 Å². The summed E-state index contributed by atoms with van der Waals surface area (Å²) in [5.74, 6) is -0.321. The average Bonchev–Trinajstić information content (AvgIpc) is 2.79. The zero-order chi connectivity index (χ0) is 23.6. The summed E-state index contributed by atoms with van der Waals surface area (Å²) in [7, 11) is -3.88. The van der Waals surface area contributed by atoms with E-state index in [0.717, 1.165) is 5.56 Å². The first-order chi connectivity index (χ1) is 15.8. The fraction of sp³-hybridized carbons (Fsp3) is 0.250. The van der Waals surface area contributed by atoms with E-state index in [2.05, 4.69) is 10.0 Å². The first kappa shape index (κ1) is 22.8. The Morgan fingerprint density at radius 1 is 0.939 bits per heavy atom. The minimum absolute atomic E-state index is 0.0891. The zero-order valence-corrected chi connectivity index (χ0v) is 18.9. The van der Waals surface area contributed by atoms with Crippen LogP contribution in [0.2, 0.25) is 0 Å². The second-order valence-electron chi connectivity index (χ2n) is 8.09. The highest BCUT2D eigenvalue weighted by atomic mass is 32.2. The molecule has 0 atom stereocenters. The van der Waals surface area contributed by atoms with Gasteiger partial charge in [0.25, 0.3) is 5.91 Å². The number of carbonyl (C=O) groups is 2. The summed E-state index contributed by atoms with van der Waals surface area (Å²) in [6, 6.07) is 17.0. The number of hydrogen-bond donors (Lipinski definition) is 3. The van der Waals surface area contributed by atoms with Gasteiger partial charge in [0, 0.05) is 35.8 Å². The van der Waals surface area contributed by atoms with Crippen molar-refractivity contribution in [1.82, 2.24) is 9.62 Å². The van der Waals surface area contributed by atoms with E-state index in [9.17, 15) is 18.0 Å². The van der Waals surface area contributed by atoms with E-state index in [-0.39, 0.29) is 29.9 Å². The maximum absolute atomic E-state index is 13.2. The number of piperidine rings is 1. The smallest absolute Gasteiger partial charge is 0.407 e. The number of amides is 2. The molecule has 1 saturated heterocycles. The lowest BCUT2D eigenvalue weighted by atomic mass is 10.0. The van der Waals surface area contributed by atoms with Gasteiger partial charge in [-0.2, -0.15) is 0 Å². The van der Waals surface area contributed by atoms with E-state index in [1.165, 1.54) is 17.0 Å². The van der Waals surface area contributed by atoms with Gasteiger partial charge in [0.05, 0.1) is 4.90 Å². The summed E-state index contributed by atoms with van der Waals surface area (Å²) in [5, 5.41) is 13.0. The Morgan fingerprint density at radius 2 is 1.58 bits per heavy atom. The number of para-hydroxylation sites is 1. The Balaban J connectivity index is 1.61. The number of nitrogens with one attached hydrogen (secondary N) is 2. The lowest BCUT2D eigenvalue weighted by Gasteiger charge is -2.30. The monoisotopic (exact) mass is 467 g/mol. The van der Waals surface area contributed by atoms with Crippen molar-refractivity contribution < 1.29 is 23.1 Å². The number of carbonyl (C=O) groups excluding carboxylic acids is 1. The van der Waals surface area contributed by atoms with Gasteiger partial charge in [0.1, 0.15) is 0 Å². The summed E-state index contributed by atoms with van der Waals surface area (Å²) in [5.41, 5.74) is 1.99. The number of nitrogens with zero attached hydrogens (tertiary/aromatic N) is 1. The minimum atomic E-state index is -3.88. The topological polar surface area (TPSA) is 116 Å². The number of hydrogen-bond acceptors (Lipinski definition) is 4. The lowest BCUT2D eigenvalue weighted by Crippen LogP contribution is -2.46. The molecular weight excluding hydrogens is 442 g/mol. The third-order valence-corrected chi connectivity index (χ3v) is 7.48. The van der Waals surface area contributed by atoms with E-state index in [4.69, 9.17) is 5.11 Å². The highest BCUT2D eigenvalue weighted by Crippen LogP contribution is 2.28. The Hall–Kier alpha value is -3.43. The van der Waals surface area contributed by atoms with E-state index in [0.29, 0.717) is 34.9 Å². The average molecular weight is 468 g/mol. The molecule has 8 nitrogen and oxygen atoms in total. The number of benzene rings is 3. The molecule has 0 radical (unpaired) electrons. The zero-order valence-electron chi connectivity index (χ0n) is 18.1. The fourth-order valence-electron chi connectivity index (χ4n) is 4.08. The van der Waals surface area contributed by atoms with Gasteiger partial charge in [-0.1, -0.05) is 42.5 Å². The van der Waals surface area contributed by atoms with Crippen molar-refractivity contribution >= 4 is 38.5 Å². The van der Waals surface area contributed by atoms with Crippen LogP contribution in [0.15, 0.2) is 65.6 Å². The predicted octanol–water partition coefficient (Wildman–Crippen LogP) is 3.82. The molecule has 9 heteroatoms. The first-order valence-electron chi connectivity index (χ1n) is 10.7. The predicted molar refractivity (Wildman–Crippen MR) is 126 cm³/mol. The molecule has 0 aromatic heterocycles. The van der Waals surface area contributed by atoms with E-state index in [1.54, 1.807) is 24.3 Å². The van der Waals surface area contributed by atoms with Crippen LogP contribution < -0.4 is 10.0 Å². The maximum atomic E-state index is 13.2. The quantitative estimate of drug-likeness (QED) is 0.528. The highest BCUT2D eigenvalue weighted by Gasteiger charge is 2.28. The second kappa shape index (κ2) is 9.21. The molecule has 0 saturated carbocycles. The molecule has 3 aromatic carbocycles. The van der Waals surface area contributed by atoms with Crippen molar-refractivity contribution in [3.63, 3.8) is 0 Å². The minimum Gasteiger partial charge on any atom is -0.465 e. The van der Waals surface area contributed by atoms with Crippen molar-refractivity contribution in [3.8, 4) is 0 Å². The summed E-state index contributed by atoms with van der Waals surface area (Å²) >= 11 is 0. The van der Waals surface area contributed by atoms with Crippen LogP contribution in [0.1, 0.15) is 28.8 Å². The molecule has 0 spiro atoms. The fourth-order valence-corrected chi connectivity index (χ4v) is 5.59. The van der Waals surface area contributed by atoms with Crippen molar-refractivity contribution in [2.24, 2.45) is 0 Å². The van der Waals surface area contributed by atoms with E-state index >= 15 is 0 Å². The molecule has 0 unspecified atom stereocenters. The van der Waals surface area contributed by atoms with Crippen LogP contribution in [0.3, 0.4) is 0 Å². The molecule has 1 heterocycles. The molecule has 172 valence electrons. The second-order valence-corrected chi connectivity index (χ2v) is 9.77. The normalized spacial score (nSPS) is 14.9. The van der Waals surface area contributed by atoms with Gasteiger partial charge in [0.15, 0.2) is 0 Å². The van der Waals surface area contributed by atoms with Gasteiger partial charge >= 0.3 is 6.09 Å². The summed E-state index contributed by atoms with van der Waals surface area (Å²) in [6.07, 6.45) is -0.192. The van der Waals surface area contributed by atoms with Crippen molar-refractivity contribution in [2.45, 2.75) is 30.7 Å². The number of likely N-dealkylation sites (tertiary alicyclic amines) is 1. The lowest BCUT2D eigenvalue weighted by molar-refractivity contribution is 0.102. The maximum Gasteiger partial charge on any atom is 0.407 e. The van der Waals surface area contributed by atoms with Crippen molar-refractivity contribution in [3.05, 3.63) is 71.8 Å². The number of aryl methyl sites for hydroxylation is 1. The van der Waals surface area contributed by atoms with Crippen LogP contribution in [0.4, 0.5) is 10.5 Å². The van der Waals surface area contributed by atoms with Crippen LogP contribution >= 0.6 is 0 Å². The van der Waals surface area contributed by atoms with E-state index in [1.807, 2.05) is 31.2 Å². The number of sulfonamides is 1. The third-order valence-electron chi connectivity index (χ3n) is 5.90. The molecule has 0 aliphatic carbocycles. The number of fused-ring (bicyclic) bond motifs is 1. The van der Waals surface area contributed by atoms with Gasteiger partial charge in [-0.25, -0.2) is 17.9 Å². The summed E-state index contributed by atoms with van der Waals surface area (Å²) in [4.78, 5) is 25.5. The number of anilines is 1. The standard InChI is InChI=1S/C24H25N3O5S/c1-16-6-2-5-9-21(16)25-23(28)20-10-11-22(19-8-4-3-7-18(19)20)33(31,32)26-17-12-14-27(15-13-17)24(29)30/h2-11,17,26H,12-15H2,1H3,(H,25,28)(H,29,30). The largest absolute Gasteiger partial charge is 0.465 e. The third kappa shape index (κ3) is 4.84.